The van der Waals surface area contributed by atoms with Crippen LogP contribution in [0.15, 0.2) is 10.8 Å². The number of nitrogens with two attached hydrogens (primary N) is 1. The van der Waals surface area contributed by atoms with E-state index >= 15 is 0 Å². The Morgan fingerprint density at radius 3 is 2.44 bits per heavy atom. The molecule has 4 N–H and O–H groups in total. The van der Waals surface area contributed by atoms with Crippen LogP contribution < -0.4 is 16.4 Å². The van der Waals surface area contributed by atoms with Gasteiger partial charge in [0.25, 0.3) is 0 Å². The van der Waals surface area contributed by atoms with E-state index in [1.54, 1.807) is 13.8 Å². The standard InChI is InChI=1S/C11H18BrN5O/c1-4-14-8-7(12)9(17-6-16-8)15-5-11(2,3)10(13)18/h6H,4-5H2,1-3H3,(H2,13,18)(H2,14,15,16,17). The summed E-state index contributed by atoms with van der Waals surface area (Å²) in [5, 5.41) is 6.20. The molecule has 6 nitrogen and oxygen atoms in total. The Kier molecular flexibility index (Phi) is 4.89. The van der Waals surface area contributed by atoms with Gasteiger partial charge in [0.15, 0.2) is 0 Å². The number of nitrogens with zero attached hydrogens (tertiary/aromatic N) is 2. The molecule has 1 rings (SSSR count). The molecule has 0 radical (unpaired) electrons. The van der Waals surface area contributed by atoms with Crippen molar-refractivity contribution in [3.63, 3.8) is 0 Å². The van der Waals surface area contributed by atoms with Gasteiger partial charge in [-0.1, -0.05) is 0 Å². The summed E-state index contributed by atoms with van der Waals surface area (Å²) in [6.45, 7) is 6.72. The Morgan fingerprint density at radius 1 is 1.39 bits per heavy atom. The van der Waals surface area contributed by atoms with Crippen molar-refractivity contribution in [1.82, 2.24) is 9.97 Å². The number of primary amides is 1. The number of carbonyl (C=O) groups is 1. The van der Waals surface area contributed by atoms with Gasteiger partial charge in [-0.05, 0) is 36.7 Å². The number of amides is 1. The third-order valence-corrected chi connectivity index (χ3v) is 3.25. The predicted molar refractivity (Wildman–Crippen MR) is 75.4 cm³/mol. The van der Waals surface area contributed by atoms with Crippen molar-refractivity contribution < 1.29 is 4.79 Å². The maximum Gasteiger partial charge on any atom is 0.224 e. The van der Waals surface area contributed by atoms with Gasteiger partial charge in [-0.15, -0.1) is 0 Å². The molecule has 1 heterocycles. The number of hydrogen-bond donors (Lipinski definition) is 3. The largest absolute Gasteiger partial charge is 0.369 e. The van der Waals surface area contributed by atoms with Crippen LogP contribution in [0.3, 0.4) is 0 Å². The van der Waals surface area contributed by atoms with Gasteiger partial charge in [0.1, 0.15) is 22.4 Å². The number of halogens is 1. The molecule has 1 amide bonds. The minimum Gasteiger partial charge on any atom is -0.369 e. The Labute approximate surface area is 115 Å². The topological polar surface area (TPSA) is 92.9 Å². The van der Waals surface area contributed by atoms with Crippen molar-refractivity contribution in [1.29, 1.82) is 0 Å². The smallest absolute Gasteiger partial charge is 0.224 e. The number of anilines is 2. The summed E-state index contributed by atoms with van der Waals surface area (Å²) in [4.78, 5) is 19.5. The number of aromatic nitrogens is 2. The molecule has 0 bridgehead atoms. The lowest BCUT2D eigenvalue weighted by Gasteiger charge is -2.21. The van der Waals surface area contributed by atoms with Gasteiger partial charge < -0.3 is 16.4 Å². The predicted octanol–water partition coefficient (Wildman–Crippen LogP) is 1.59. The van der Waals surface area contributed by atoms with E-state index in [1.165, 1.54) is 6.33 Å². The molecule has 18 heavy (non-hydrogen) atoms. The van der Waals surface area contributed by atoms with Crippen LogP contribution in [0.1, 0.15) is 20.8 Å². The molecule has 0 aromatic carbocycles. The molecule has 0 aliphatic rings. The molecule has 0 saturated carbocycles. The lowest BCUT2D eigenvalue weighted by Crippen LogP contribution is -2.37. The Balaban J connectivity index is 2.80. The van der Waals surface area contributed by atoms with E-state index in [2.05, 4.69) is 36.5 Å². The normalized spacial score (nSPS) is 11.1. The summed E-state index contributed by atoms with van der Waals surface area (Å²) in [5.74, 6) is 0.995. The number of carbonyl (C=O) groups excluding carboxylic acids is 1. The van der Waals surface area contributed by atoms with Crippen molar-refractivity contribution in [3.8, 4) is 0 Å². The summed E-state index contributed by atoms with van der Waals surface area (Å²) in [5.41, 5.74) is 4.68. The Hall–Kier alpha value is -1.37. The zero-order valence-electron chi connectivity index (χ0n) is 10.7. The van der Waals surface area contributed by atoms with Gasteiger partial charge in [-0.2, -0.15) is 0 Å². The first kappa shape index (κ1) is 14.7. The molecule has 0 unspecified atom stereocenters. The van der Waals surface area contributed by atoms with E-state index in [9.17, 15) is 4.79 Å². The molecule has 0 aliphatic carbocycles. The minimum absolute atomic E-state index is 0.355. The van der Waals surface area contributed by atoms with Gasteiger partial charge in [0.05, 0.1) is 5.41 Å². The fourth-order valence-corrected chi connectivity index (χ4v) is 1.66. The monoisotopic (exact) mass is 315 g/mol. The highest BCUT2D eigenvalue weighted by molar-refractivity contribution is 9.10. The molecule has 1 aromatic rings. The van der Waals surface area contributed by atoms with Crippen LogP contribution >= 0.6 is 15.9 Å². The van der Waals surface area contributed by atoms with Gasteiger partial charge in [0.2, 0.25) is 5.91 Å². The van der Waals surface area contributed by atoms with Crippen LogP contribution in [0, 0.1) is 5.41 Å². The van der Waals surface area contributed by atoms with Crippen LogP contribution in [0.2, 0.25) is 0 Å². The van der Waals surface area contributed by atoms with Gasteiger partial charge in [0, 0.05) is 13.1 Å². The average Bonchev–Trinajstić information content (AvgIpc) is 2.30. The van der Waals surface area contributed by atoms with Crippen LogP contribution in [-0.2, 0) is 4.79 Å². The number of hydrogen-bond acceptors (Lipinski definition) is 5. The first-order valence-electron chi connectivity index (χ1n) is 5.66. The fourth-order valence-electron chi connectivity index (χ4n) is 1.18. The van der Waals surface area contributed by atoms with E-state index < -0.39 is 5.41 Å². The lowest BCUT2D eigenvalue weighted by atomic mass is 9.93. The van der Waals surface area contributed by atoms with Crippen molar-refractivity contribution in [2.45, 2.75) is 20.8 Å². The molecule has 100 valence electrons. The van der Waals surface area contributed by atoms with Gasteiger partial charge >= 0.3 is 0 Å². The maximum atomic E-state index is 11.2. The molecular weight excluding hydrogens is 298 g/mol. The summed E-state index contributed by atoms with van der Waals surface area (Å²) < 4.78 is 0.743. The van der Waals surface area contributed by atoms with Crippen LogP contribution in [0.25, 0.3) is 0 Å². The van der Waals surface area contributed by atoms with Crippen molar-refractivity contribution in [3.05, 3.63) is 10.8 Å². The molecule has 0 aliphatic heterocycles. The molecule has 1 aromatic heterocycles. The van der Waals surface area contributed by atoms with Crippen LogP contribution in [-0.4, -0.2) is 29.0 Å². The first-order valence-corrected chi connectivity index (χ1v) is 6.46. The third kappa shape index (κ3) is 3.56. The van der Waals surface area contributed by atoms with Crippen LogP contribution in [0.4, 0.5) is 11.6 Å². The molecule has 0 saturated heterocycles. The summed E-state index contributed by atoms with van der Waals surface area (Å²) in [7, 11) is 0. The number of rotatable bonds is 6. The molecule has 0 spiro atoms. The summed E-state index contributed by atoms with van der Waals surface area (Å²) in [6.07, 6.45) is 1.46. The van der Waals surface area contributed by atoms with Gasteiger partial charge in [-0.25, -0.2) is 9.97 Å². The highest BCUT2D eigenvalue weighted by Gasteiger charge is 2.25. The van der Waals surface area contributed by atoms with Gasteiger partial charge in [-0.3, -0.25) is 4.79 Å². The SMILES string of the molecule is CCNc1ncnc(NCC(C)(C)C(N)=O)c1Br. The fraction of sp³-hybridized carbons (Fsp3) is 0.545. The van der Waals surface area contributed by atoms with Crippen molar-refractivity contribution in [2.75, 3.05) is 23.7 Å². The average molecular weight is 316 g/mol. The van der Waals surface area contributed by atoms with E-state index in [1.807, 2.05) is 6.92 Å². The molecule has 0 atom stereocenters. The van der Waals surface area contributed by atoms with E-state index in [0.29, 0.717) is 18.2 Å². The zero-order chi connectivity index (χ0) is 13.8. The molecular formula is C11H18BrN5O. The quantitative estimate of drug-likeness (QED) is 0.741. The number of nitrogens with one attached hydrogen (secondary N) is 2. The van der Waals surface area contributed by atoms with E-state index in [4.69, 9.17) is 5.73 Å². The minimum atomic E-state index is -0.636. The molecule has 0 fully saturated rings. The second kappa shape index (κ2) is 5.99. The van der Waals surface area contributed by atoms with Crippen molar-refractivity contribution in [2.24, 2.45) is 11.1 Å². The second-order valence-corrected chi connectivity index (χ2v) is 5.31. The zero-order valence-corrected chi connectivity index (χ0v) is 12.3. The molecule has 7 heteroatoms. The lowest BCUT2D eigenvalue weighted by molar-refractivity contribution is -0.125. The van der Waals surface area contributed by atoms with E-state index in [0.717, 1.165) is 11.0 Å². The van der Waals surface area contributed by atoms with Crippen LogP contribution in [0.5, 0.6) is 0 Å². The maximum absolute atomic E-state index is 11.2. The second-order valence-electron chi connectivity index (χ2n) is 4.52. The highest BCUT2D eigenvalue weighted by Crippen LogP contribution is 2.27. The van der Waals surface area contributed by atoms with E-state index in [-0.39, 0.29) is 5.91 Å². The summed E-state index contributed by atoms with van der Waals surface area (Å²) >= 11 is 3.42. The van der Waals surface area contributed by atoms with Crippen molar-refractivity contribution >= 4 is 33.5 Å². The Bertz CT molecular complexity index is 435. The Morgan fingerprint density at radius 2 is 1.94 bits per heavy atom. The first-order chi connectivity index (χ1) is 8.38. The summed E-state index contributed by atoms with van der Waals surface area (Å²) in [6, 6.07) is 0. The highest BCUT2D eigenvalue weighted by atomic mass is 79.9. The third-order valence-electron chi connectivity index (χ3n) is 2.50.